The van der Waals surface area contributed by atoms with Crippen LogP contribution >= 0.6 is 0 Å². The van der Waals surface area contributed by atoms with Crippen molar-refractivity contribution >= 4 is 22.7 Å². The Hall–Kier alpha value is -2.04. The van der Waals surface area contributed by atoms with Gasteiger partial charge in [-0.3, -0.25) is 0 Å². The Labute approximate surface area is 160 Å². The van der Waals surface area contributed by atoms with Crippen LogP contribution in [-0.2, 0) is 4.74 Å². The average Bonchev–Trinajstić information content (AvgIpc) is 3.07. The number of nitrogens with one attached hydrogen (secondary N) is 1. The molecule has 2 aromatic rings. The predicted octanol–water partition coefficient (Wildman–Crippen LogP) is 4.39. The number of aromatic amines is 1. The van der Waals surface area contributed by atoms with E-state index in [2.05, 4.69) is 28.8 Å². The number of nitrogens with zero attached hydrogens (tertiary/aromatic N) is 2. The van der Waals surface area contributed by atoms with Gasteiger partial charge in [0.05, 0.1) is 12.3 Å². The normalized spacial score (nSPS) is 34.2. The molecule has 0 saturated heterocycles. The van der Waals surface area contributed by atoms with Crippen LogP contribution in [-0.4, -0.2) is 35.6 Å². The first-order valence-corrected chi connectivity index (χ1v) is 10.3. The van der Waals surface area contributed by atoms with Crippen LogP contribution in [0.15, 0.2) is 18.5 Å². The number of carbonyl (C=O) groups excluding carboxylic acids is 1. The summed E-state index contributed by atoms with van der Waals surface area (Å²) < 4.78 is 5.35. The fourth-order valence-corrected chi connectivity index (χ4v) is 6.92. The molecular weight excluding hydrogens is 338 g/mol. The monoisotopic (exact) mass is 367 g/mol. The number of hydrogen-bond donors (Lipinski definition) is 1. The van der Waals surface area contributed by atoms with Crippen molar-refractivity contribution in [2.75, 3.05) is 18.6 Å². The number of ether oxygens (including phenoxy) is 1. The third-order valence-corrected chi connectivity index (χ3v) is 7.38. The van der Waals surface area contributed by atoms with Crippen molar-refractivity contribution < 1.29 is 9.53 Å². The van der Waals surface area contributed by atoms with Gasteiger partial charge in [0.25, 0.3) is 0 Å². The van der Waals surface area contributed by atoms with Gasteiger partial charge in [-0.1, -0.05) is 6.92 Å². The zero-order chi connectivity index (χ0) is 18.8. The molecule has 5 heteroatoms. The van der Waals surface area contributed by atoms with Crippen LogP contribution < -0.4 is 4.90 Å². The lowest BCUT2D eigenvalue weighted by atomic mass is 9.48. The van der Waals surface area contributed by atoms with Gasteiger partial charge >= 0.3 is 5.97 Å². The van der Waals surface area contributed by atoms with Gasteiger partial charge in [0.15, 0.2) is 0 Å². The smallest absolute Gasteiger partial charge is 0.341 e. The Morgan fingerprint density at radius 2 is 2.07 bits per heavy atom. The number of H-pyrrole nitrogens is 1. The number of anilines is 1. The molecule has 144 valence electrons. The topological polar surface area (TPSA) is 58.2 Å². The lowest BCUT2D eigenvalue weighted by molar-refractivity contribution is -0.0571. The van der Waals surface area contributed by atoms with Crippen LogP contribution in [0.1, 0.15) is 56.3 Å². The van der Waals surface area contributed by atoms with Crippen LogP contribution in [0, 0.1) is 23.2 Å². The summed E-state index contributed by atoms with van der Waals surface area (Å²) in [7, 11) is 2.18. The maximum atomic E-state index is 12.7. The molecule has 27 heavy (non-hydrogen) atoms. The summed E-state index contributed by atoms with van der Waals surface area (Å²) in [5, 5.41) is 1.02. The highest BCUT2D eigenvalue weighted by Crippen LogP contribution is 2.61. The summed E-state index contributed by atoms with van der Waals surface area (Å²) in [5.41, 5.74) is 2.95. The van der Waals surface area contributed by atoms with Gasteiger partial charge < -0.3 is 14.6 Å². The molecule has 1 N–H and O–H groups in total. The van der Waals surface area contributed by atoms with Gasteiger partial charge in [-0.05, 0) is 68.3 Å². The first kappa shape index (κ1) is 17.1. The number of fused-ring (bicyclic) bond motifs is 1. The van der Waals surface area contributed by atoms with Crippen LogP contribution in [0.3, 0.4) is 0 Å². The Balaban J connectivity index is 1.58. The molecule has 0 amide bonds. The largest absolute Gasteiger partial charge is 0.462 e. The van der Waals surface area contributed by atoms with E-state index < -0.39 is 0 Å². The quantitative estimate of drug-likeness (QED) is 0.814. The summed E-state index contributed by atoms with van der Waals surface area (Å²) in [4.78, 5) is 22.7. The molecule has 4 aliphatic rings. The highest BCUT2D eigenvalue weighted by atomic mass is 16.5. The number of carbonyl (C=O) groups is 1. The molecule has 4 fully saturated rings. The van der Waals surface area contributed by atoms with E-state index in [-0.39, 0.29) is 5.97 Å². The Kier molecular flexibility index (Phi) is 3.78. The molecule has 0 spiro atoms. The van der Waals surface area contributed by atoms with Crippen LogP contribution in [0.2, 0.25) is 0 Å². The Bertz CT molecular complexity index is 873. The molecule has 0 radical (unpaired) electrons. The summed E-state index contributed by atoms with van der Waals surface area (Å²) in [5.74, 6) is 2.09. The highest BCUT2D eigenvalue weighted by molar-refractivity contribution is 6.04. The predicted molar refractivity (Wildman–Crippen MR) is 106 cm³/mol. The molecule has 6 rings (SSSR count). The van der Waals surface area contributed by atoms with Gasteiger partial charge in [0.1, 0.15) is 11.2 Å². The van der Waals surface area contributed by atoms with Gasteiger partial charge in [0, 0.05) is 30.9 Å². The van der Waals surface area contributed by atoms with Crippen LogP contribution in [0.5, 0.6) is 0 Å². The van der Waals surface area contributed by atoms with E-state index >= 15 is 0 Å². The van der Waals surface area contributed by atoms with E-state index in [0.717, 1.165) is 34.5 Å². The van der Waals surface area contributed by atoms with Gasteiger partial charge in [-0.2, -0.15) is 0 Å². The Morgan fingerprint density at radius 1 is 1.33 bits per heavy atom. The number of hydrogen-bond acceptors (Lipinski definition) is 4. The fraction of sp³-hybridized carbons (Fsp3) is 0.636. The van der Waals surface area contributed by atoms with E-state index in [4.69, 9.17) is 4.74 Å². The average molecular weight is 367 g/mol. The lowest BCUT2D eigenvalue weighted by Crippen LogP contribution is -2.58. The zero-order valence-electron chi connectivity index (χ0n) is 16.5. The van der Waals surface area contributed by atoms with Gasteiger partial charge in [0.2, 0.25) is 0 Å². The second kappa shape index (κ2) is 5.98. The van der Waals surface area contributed by atoms with E-state index in [9.17, 15) is 4.79 Å². The summed E-state index contributed by atoms with van der Waals surface area (Å²) in [6.45, 7) is 4.72. The lowest BCUT2D eigenvalue weighted by Gasteiger charge is -2.61. The standard InChI is InChI=1S/C22H29N3O2/c1-4-27-21(26)17-12-24-20-16(5-6-23-20)19(17)25(3)18-14-7-13-8-15(18)11-22(2,9-13)10-14/h5-6,12-15,18H,4,7-11H2,1-3H3,(H,23,24). The van der Waals surface area contributed by atoms with Crippen molar-refractivity contribution in [3.63, 3.8) is 0 Å². The van der Waals surface area contributed by atoms with Gasteiger partial charge in [-0.15, -0.1) is 0 Å². The number of pyridine rings is 1. The molecule has 2 aromatic heterocycles. The molecule has 2 heterocycles. The highest BCUT2D eigenvalue weighted by Gasteiger charge is 2.54. The second-order valence-corrected chi connectivity index (χ2v) is 9.36. The van der Waals surface area contributed by atoms with Gasteiger partial charge in [-0.25, -0.2) is 9.78 Å². The Morgan fingerprint density at radius 3 is 2.74 bits per heavy atom. The molecule has 5 nitrogen and oxygen atoms in total. The van der Waals surface area contributed by atoms with Crippen molar-refractivity contribution in [2.24, 2.45) is 23.2 Å². The number of rotatable bonds is 4. The zero-order valence-corrected chi connectivity index (χ0v) is 16.5. The molecule has 0 aromatic carbocycles. The van der Waals surface area contributed by atoms with Crippen molar-refractivity contribution in [3.05, 3.63) is 24.0 Å². The molecule has 4 saturated carbocycles. The van der Waals surface area contributed by atoms with Crippen LogP contribution in [0.4, 0.5) is 5.69 Å². The summed E-state index contributed by atoms with van der Waals surface area (Å²) in [6, 6.07) is 2.54. The first-order valence-electron chi connectivity index (χ1n) is 10.3. The van der Waals surface area contributed by atoms with E-state index in [1.807, 2.05) is 19.2 Å². The molecule has 0 aliphatic heterocycles. The summed E-state index contributed by atoms with van der Waals surface area (Å²) in [6.07, 6.45) is 10.3. The minimum Gasteiger partial charge on any atom is -0.462 e. The molecule has 2 unspecified atom stereocenters. The number of aromatic nitrogens is 2. The second-order valence-electron chi connectivity index (χ2n) is 9.36. The number of esters is 1. The van der Waals surface area contributed by atoms with Crippen molar-refractivity contribution in [2.45, 2.75) is 52.0 Å². The van der Waals surface area contributed by atoms with Crippen molar-refractivity contribution in [3.8, 4) is 0 Å². The molecule has 4 bridgehead atoms. The molecule has 2 atom stereocenters. The van der Waals surface area contributed by atoms with Crippen molar-refractivity contribution in [1.82, 2.24) is 9.97 Å². The molecular formula is C22H29N3O2. The maximum absolute atomic E-state index is 12.7. The van der Waals surface area contributed by atoms with E-state index in [1.165, 1.54) is 32.1 Å². The minimum absolute atomic E-state index is 0.272. The minimum atomic E-state index is -0.272. The third kappa shape index (κ3) is 2.58. The van der Waals surface area contributed by atoms with E-state index in [1.54, 1.807) is 6.20 Å². The third-order valence-electron chi connectivity index (χ3n) is 7.38. The first-order chi connectivity index (χ1) is 13.0. The fourth-order valence-electron chi connectivity index (χ4n) is 6.92. The summed E-state index contributed by atoms with van der Waals surface area (Å²) >= 11 is 0. The SMILES string of the molecule is CCOC(=O)c1cnc2[nH]ccc2c1N(C)C1C2CC3CC1CC(C)(C3)C2. The molecule has 4 aliphatic carbocycles. The van der Waals surface area contributed by atoms with Crippen LogP contribution in [0.25, 0.3) is 11.0 Å². The maximum Gasteiger partial charge on any atom is 0.341 e. The van der Waals surface area contributed by atoms with E-state index in [0.29, 0.717) is 23.6 Å². The van der Waals surface area contributed by atoms with Crippen molar-refractivity contribution in [1.29, 1.82) is 0 Å².